The Morgan fingerprint density at radius 3 is 2.21 bits per heavy atom. The van der Waals surface area contributed by atoms with E-state index in [2.05, 4.69) is 53.2 Å². The van der Waals surface area contributed by atoms with E-state index in [1.807, 2.05) is 34.6 Å². The van der Waals surface area contributed by atoms with Gasteiger partial charge in [-0.15, -0.1) is 0 Å². The van der Waals surface area contributed by atoms with Crippen molar-refractivity contribution in [1.82, 2.24) is 4.98 Å². The molecule has 0 spiro atoms. The van der Waals surface area contributed by atoms with Gasteiger partial charge >= 0.3 is 0 Å². The first-order chi connectivity index (χ1) is 11.8. The van der Waals surface area contributed by atoms with E-state index in [9.17, 15) is 0 Å². The van der Waals surface area contributed by atoms with Crippen molar-refractivity contribution in [2.24, 2.45) is 9.98 Å². The molecule has 0 atom stereocenters. The molecular weight excluding hydrogens is 294 g/mol. The molecule has 0 amide bonds. The van der Waals surface area contributed by atoms with E-state index >= 15 is 0 Å². The van der Waals surface area contributed by atoms with Gasteiger partial charge in [-0.05, 0) is 43.0 Å². The van der Waals surface area contributed by atoms with Gasteiger partial charge in [-0.2, -0.15) is 0 Å². The smallest absolute Gasteiger partial charge is 0.109 e. The summed E-state index contributed by atoms with van der Waals surface area (Å²) in [5.41, 5.74) is 4.15. The van der Waals surface area contributed by atoms with E-state index in [1.165, 1.54) is 41.2 Å². The van der Waals surface area contributed by atoms with Crippen LogP contribution in [0.3, 0.4) is 0 Å². The Kier molecular flexibility index (Phi) is 17.7. The number of rotatable bonds is 4. The summed E-state index contributed by atoms with van der Waals surface area (Å²) in [5, 5.41) is 1.41. The third-order valence-electron chi connectivity index (χ3n) is 3.09. The van der Waals surface area contributed by atoms with Crippen molar-refractivity contribution in [2.45, 2.75) is 67.7 Å². The molecule has 3 nitrogen and oxygen atoms in total. The average molecular weight is 332 g/mol. The third-order valence-corrected chi connectivity index (χ3v) is 3.09. The predicted molar refractivity (Wildman–Crippen MR) is 113 cm³/mol. The fourth-order valence-corrected chi connectivity index (χ4v) is 2.05. The molecule has 0 saturated heterocycles. The van der Waals surface area contributed by atoms with Crippen molar-refractivity contribution in [3.63, 3.8) is 0 Å². The Bertz CT molecular complexity index is 555. The van der Waals surface area contributed by atoms with Crippen LogP contribution in [0.1, 0.15) is 66.0 Å². The zero-order valence-electron chi connectivity index (χ0n) is 17.0. The number of aromatic amines is 1. The maximum absolute atomic E-state index is 3.67. The number of nitrogens with zero attached hydrogens (tertiary/aromatic N) is 2. The number of fused-ring (bicyclic) bond motifs is 1. The molecular formula is C21H37N3. The van der Waals surface area contributed by atoms with E-state index in [0.717, 1.165) is 6.42 Å². The van der Waals surface area contributed by atoms with Crippen LogP contribution in [0.2, 0.25) is 0 Å². The quantitative estimate of drug-likeness (QED) is 0.492. The minimum Gasteiger partial charge on any atom is -0.361 e. The zero-order chi connectivity index (χ0) is 18.8. The number of hydrogen-bond acceptors (Lipinski definition) is 1. The normalized spacial score (nSPS) is 9.83. The van der Waals surface area contributed by atoms with Crippen LogP contribution < -0.4 is 0 Å². The first-order valence-electron chi connectivity index (χ1n) is 9.24. The molecule has 1 heterocycles. The summed E-state index contributed by atoms with van der Waals surface area (Å²) in [6.07, 6.45) is 8.84. The number of nitrogens with one attached hydrogen (secondary N) is 1. The van der Waals surface area contributed by atoms with Crippen molar-refractivity contribution < 1.29 is 0 Å². The first-order valence-corrected chi connectivity index (χ1v) is 9.24. The van der Waals surface area contributed by atoms with Crippen LogP contribution in [0, 0.1) is 0 Å². The van der Waals surface area contributed by atoms with Gasteiger partial charge < -0.3 is 4.98 Å². The monoisotopic (exact) mass is 331 g/mol. The fourth-order valence-electron chi connectivity index (χ4n) is 2.05. The van der Waals surface area contributed by atoms with Crippen LogP contribution in [-0.2, 0) is 12.8 Å². The number of hydrogen-bond donors (Lipinski definition) is 1. The van der Waals surface area contributed by atoms with E-state index in [0.29, 0.717) is 0 Å². The van der Waals surface area contributed by atoms with Gasteiger partial charge in [0.1, 0.15) is 6.34 Å². The van der Waals surface area contributed by atoms with Gasteiger partial charge in [-0.3, -0.25) is 9.98 Å². The van der Waals surface area contributed by atoms with Crippen molar-refractivity contribution >= 4 is 23.5 Å². The van der Waals surface area contributed by atoms with Gasteiger partial charge in [0.15, 0.2) is 0 Å². The Morgan fingerprint density at radius 2 is 1.75 bits per heavy atom. The molecule has 0 bridgehead atoms. The van der Waals surface area contributed by atoms with Crippen LogP contribution in [0.25, 0.3) is 10.9 Å². The standard InChI is InChI=1S/C13H17N.C4H8N2.2C2H6/c1-3-5-11-9-14-13-7-6-10(4-2)8-12(11)13;1-3-6-4-5-2;2*1-2/h6-9,14H,3-5H2,1-2H3;3-4H,1-2H3;2*1-2H3. The average Bonchev–Trinajstić information content (AvgIpc) is 3.06. The number of aromatic nitrogens is 1. The number of H-pyrrole nitrogens is 1. The lowest BCUT2D eigenvalue weighted by Gasteiger charge is -1.99. The second-order valence-electron chi connectivity index (χ2n) is 4.58. The van der Waals surface area contributed by atoms with Crippen molar-refractivity contribution in [1.29, 1.82) is 0 Å². The molecule has 1 N–H and O–H groups in total. The van der Waals surface area contributed by atoms with Crippen molar-refractivity contribution in [3.8, 4) is 0 Å². The Hall–Kier alpha value is -1.90. The first kappa shape index (κ1) is 24.4. The minimum atomic E-state index is 1.12. The van der Waals surface area contributed by atoms with E-state index in [-0.39, 0.29) is 0 Å². The Labute approximate surface area is 149 Å². The molecule has 2 rings (SSSR count). The van der Waals surface area contributed by atoms with Gasteiger partial charge in [-0.25, -0.2) is 0 Å². The lowest BCUT2D eigenvalue weighted by molar-refractivity contribution is 0.928. The molecule has 0 fully saturated rings. The summed E-state index contributed by atoms with van der Waals surface area (Å²) in [5.74, 6) is 0. The molecule has 136 valence electrons. The molecule has 0 radical (unpaired) electrons. The van der Waals surface area contributed by atoms with Gasteiger partial charge in [0.25, 0.3) is 0 Å². The molecule has 0 unspecified atom stereocenters. The summed E-state index contributed by atoms with van der Waals surface area (Å²) in [7, 11) is 1.69. The highest BCUT2D eigenvalue weighted by Gasteiger charge is 2.02. The fraction of sp³-hybridized carbons (Fsp3) is 0.524. The summed E-state index contributed by atoms with van der Waals surface area (Å²) < 4.78 is 0. The largest absolute Gasteiger partial charge is 0.361 e. The topological polar surface area (TPSA) is 40.5 Å². The maximum atomic E-state index is 3.67. The molecule has 0 aliphatic heterocycles. The van der Waals surface area contributed by atoms with E-state index < -0.39 is 0 Å². The van der Waals surface area contributed by atoms with Crippen molar-refractivity contribution in [2.75, 3.05) is 7.05 Å². The third kappa shape index (κ3) is 9.29. The highest BCUT2D eigenvalue weighted by atomic mass is 14.8. The maximum Gasteiger partial charge on any atom is 0.109 e. The van der Waals surface area contributed by atoms with Crippen LogP contribution >= 0.6 is 0 Å². The van der Waals surface area contributed by atoms with Crippen LogP contribution in [0.4, 0.5) is 0 Å². The molecule has 0 aliphatic carbocycles. The molecule has 1 aromatic heterocycles. The van der Waals surface area contributed by atoms with Crippen LogP contribution in [0.5, 0.6) is 0 Å². The lowest BCUT2D eigenvalue weighted by Crippen LogP contribution is -1.82. The number of aryl methyl sites for hydroxylation is 2. The molecule has 2 aromatic rings. The van der Waals surface area contributed by atoms with Gasteiger partial charge in [0, 0.05) is 30.4 Å². The zero-order valence-corrected chi connectivity index (χ0v) is 17.0. The molecule has 0 saturated carbocycles. The summed E-state index contributed by atoms with van der Waals surface area (Å²) in [6.45, 7) is 14.3. The van der Waals surface area contributed by atoms with E-state index in [1.54, 1.807) is 13.3 Å². The van der Waals surface area contributed by atoms with Crippen molar-refractivity contribution in [3.05, 3.63) is 35.5 Å². The van der Waals surface area contributed by atoms with Crippen LogP contribution in [0.15, 0.2) is 34.4 Å². The highest BCUT2D eigenvalue weighted by Crippen LogP contribution is 2.21. The van der Waals surface area contributed by atoms with Gasteiger partial charge in [-0.1, -0.05) is 54.0 Å². The number of benzene rings is 1. The molecule has 3 heteroatoms. The Morgan fingerprint density at radius 1 is 1.08 bits per heavy atom. The Balaban J connectivity index is 0. The van der Waals surface area contributed by atoms with E-state index in [4.69, 9.17) is 0 Å². The summed E-state index contributed by atoms with van der Waals surface area (Å²) in [4.78, 5) is 10.6. The molecule has 0 aliphatic rings. The molecule has 1 aromatic carbocycles. The van der Waals surface area contributed by atoms with Gasteiger partial charge in [0.2, 0.25) is 0 Å². The predicted octanol–water partition coefficient (Wildman–Crippen LogP) is 6.47. The lowest BCUT2D eigenvalue weighted by atomic mass is 10.1. The highest BCUT2D eigenvalue weighted by molar-refractivity contribution is 5.83. The minimum absolute atomic E-state index is 1.12. The SMILES string of the molecule is CC.CC.CC=NC=NC.CCCc1c[nH]c2ccc(CC)cc12. The second kappa shape index (κ2) is 17.5. The summed E-state index contributed by atoms with van der Waals surface area (Å²) >= 11 is 0. The summed E-state index contributed by atoms with van der Waals surface area (Å²) in [6, 6.07) is 6.71. The second-order valence-corrected chi connectivity index (χ2v) is 4.58. The van der Waals surface area contributed by atoms with Gasteiger partial charge in [0.05, 0.1) is 0 Å². The molecule has 24 heavy (non-hydrogen) atoms. The number of aliphatic imine (C=N–C) groups is 2. The van der Waals surface area contributed by atoms with Crippen LogP contribution in [-0.4, -0.2) is 24.6 Å².